The van der Waals surface area contributed by atoms with Crippen molar-refractivity contribution < 1.29 is 5.11 Å². The highest BCUT2D eigenvalue weighted by atomic mass is 16.3. The minimum absolute atomic E-state index is 0.0207. The first-order chi connectivity index (χ1) is 8.12. The molecule has 0 bridgehead atoms. The number of aryl methyl sites for hydroxylation is 1. The Morgan fingerprint density at radius 2 is 2.00 bits per heavy atom. The van der Waals surface area contributed by atoms with E-state index in [4.69, 9.17) is 5.73 Å². The molecule has 0 amide bonds. The van der Waals surface area contributed by atoms with Gasteiger partial charge in [-0.25, -0.2) is 0 Å². The third-order valence-corrected chi connectivity index (χ3v) is 4.32. The molecule has 0 radical (unpaired) electrons. The first kappa shape index (κ1) is 11.1. The smallest absolute Gasteiger partial charge is 0.132 e. The van der Waals surface area contributed by atoms with Gasteiger partial charge >= 0.3 is 0 Å². The van der Waals surface area contributed by atoms with Gasteiger partial charge in [0.2, 0.25) is 0 Å². The Morgan fingerprint density at radius 1 is 1.29 bits per heavy atom. The van der Waals surface area contributed by atoms with Gasteiger partial charge in [-0.15, -0.1) is 0 Å². The molecule has 1 aromatic carbocycles. The maximum Gasteiger partial charge on any atom is 0.132 e. The third kappa shape index (κ3) is 1.57. The van der Waals surface area contributed by atoms with E-state index in [0.717, 1.165) is 29.7 Å². The van der Waals surface area contributed by atoms with Crippen LogP contribution in [0.5, 0.6) is 0 Å². The van der Waals surface area contributed by atoms with E-state index in [0.29, 0.717) is 0 Å². The monoisotopic (exact) mass is 232 g/mol. The number of hydrogen-bond donors (Lipinski definition) is 3. The first-order valence-corrected chi connectivity index (χ1v) is 6.49. The molecule has 3 nitrogen and oxygen atoms in total. The molecule has 1 aliphatic heterocycles. The zero-order chi connectivity index (χ0) is 12.0. The molecule has 1 aromatic rings. The molecule has 17 heavy (non-hydrogen) atoms. The van der Waals surface area contributed by atoms with E-state index < -0.39 is 6.23 Å². The highest BCUT2D eigenvalue weighted by molar-refractivity contribution is 5.54. The Bertz CT molecular complexity index is 450. The second-order valence-electron chi connectivity index (χ2n) is 5.49. The van der Waals surface area contributed by atoms with Crippen LogP contribution in [0.15, 0.2) is 12.1 Å². The molecule has 0 aromatic heterocycles. The van der Waals surface area contributed by atoms with Crippen molar-refractivity contribution in [1.82, 2.24) is 5.32 Å². The lowest BCUT2D eigenvalue weighted by atomic mass is 9.77. The Hall–Kier alpha value is -1.06. The van der Waals surface area contributed by atoms with E-state index in [2.05, 4.69) is 11.4 Å². The highest BCUT2D eigenvalue weighted by Crippen LogP contribution is 2.47. The molecule has 2 aliphatic rings. The summed E-state index contributed by atoms with van der Waals surface area (Å²) in [5.74, 6) is 0. The molecule has 1 heterocycles. The Morgan fingerprint density at radius 3 is 2.71 bits per heavy atom. The van der Waals surface area contributed by atoms with Gasteiger partial charge in [0.15, 0.2) is 0 Å². The summed E-state index contributed by atoms with van der Waals surface area (Å²) in [7, 11) is 0. The zero-order valence-electron chi connectivity index (χ0n) is 10.3. The predicted molar refractivity (Wildman–Crippen MR) is 68.4 cm³/mol. The number of rotatable bonds is 0. The summed E-state index contributed by atoms with van der Waals surface area (Å²) in [6.07, 6.45) is 5.46. The molecule has 4 N–H and O–H groups in total. The molecule has 0 saturated heterocycles. The van der Waals surface area contributed by atoms with Crippen LogP contribution in [0.1, 0.15) is 55.0 Å². The number of fused-ring (bicyclic) bond motifs is 2. The first-order valence-electron chi connectivity index (χ1n) is 6.49. The van der Waals surface area contributed by atoms with Crippen LogP contribution in [0.3, 0.4) is 0 Å². The van der Waals surface area contributed by atoms with Crippen LogP contribution >= 0.6 is 0 Å². The summed E-state index contributed by atoms with van der Waals surface area (Å²) in [5, 5.41) is 13.6. The summed E-state index contributed by atoms with van der Waals surface area (Å²) in [6, 6.07) is 4.00. The van der Waals surface area contributed by atoms with Crippen LogP contribution in [0.2, 0.25) is 0 Å². The van der Waals surface area contributed by atoms with Gasteiger partial charge in [0.25, 0.3) is 0 Å². The lowest BCUT2D eigenvalue weighted by Gasteiger charge is -2.35. The van der Waals surface area contributed by atoms with E-state index >= 15 is 0 Å². The van der Waals surface area contributed by atoms with Crippen molar-refractivity contribution >= 4 is 5.69 Å². The average molecular weight is 232 g/mol. The number of benzene rings is 1. The fourth-order valence-electron chi connectivity index (χ4n) is 3.57. The minimum Gasteiger partial charge on any atom is -0.399 e. The molecular formula is C14H20N2O. The van der Waals surface area contributed by atoms with Crippen molar-refractivity contribution in [3.8, 4) is 0 Å². The molecule has 3 heteroatoms. The zero-order valence-corrected chi connectivity index (χ0v) is 10.3. The summed E-state index contributed by atoms with van der Waals surface area (Å²) in [4.78, 5) is 0. The molecule has 3 rings (SSSR count). The molecule has 1 unspecified atom stereocenters. The average Bonchev–Trinajstić information content (AvgIpc) is 2.53. The van der Waals surface area contributed by atoms with Crippen LogP contribution in [0.4, 0.5) is 5.69 Å². The quantitative estimate of drug-likeness (QED) is 0.602. The van der Waals surface area contributed by atoms with Crippen LogP contribution < -0.4 is 11.1 Å². The maximum atomic E-state index is 10.2. The summed E-state index contributed by atoms with van der Waals surface area (Å²) in [5.41, 5.74) is 10.1. The fraction of sp³-hybridized carbons (Fsp3) is 0.571. The second kappa shape index (κ2) is 3.72. The number of anilines is 1. The van der Waals surface area contributed by atoms with Gasteiger partial charge in [0, 0.05) is 16.8 Å². The van der Waals surface area contributed by atoms with E-state index in [9.17, 15) is 5.11 Å². The molecule has 1 aliphatic carbocycles. The SMILES string of the molecule is Cc1cc(N)cc2c1C(O)NC21CCCCC1. The maximum absolute atomic E-state index is 10.2. The molecule has 1 saturated carbocycles. The van der Waals surface area contributed by atoms with Crippen molar-refractivity contribution in [2.45, 2.75) is 50.8 Å². The molecule has 1 fully saturated rings. The summed E-state index contributed by atoms with van der Waals surface area (Å²) in [6.45, 7) is 2.03. The number of nitrogen functional groups attached to an aromatic ring is 1. The Kier molecular flexibility index (Phi) is 2.42. The second-order valence-corrected chi connectivity index (χ2v) is 5.49. The van der Waals surface area contributed by atoms with Crippen LogP contribution in [-0.2, 0) is 5.54 Å². The Labute approximate surface area is 102 Å². The summed E-state index contributed by atoms with van der Waals surface area (Å²) < 4.78 is 0. The number of hydrogen-bond acceptors (Lipinski definition) is 3. The lowest BCUT2D eigenvalue weighted by molar-refractivity contribution is 0.0975. The van der Waals surface area contributed by atoms with Crippen LogP contribution in [0, 0.1) is 6.92 Å². The molecule has 92 valence electrons. The standard InChI is InChI=1S/C14H20N2O/c1-9-7-10(15)8-11-12(9)13(17)16-14(11)5-3-2-4-6-14/h7-8,13,16-17H,2-6,15H2,1H3. The van der Waals surface area contributed by atoms with Gasteiger partial charge in [0.1, 0.15) is 6.23 Å². The predicted octanol–water partition coefficient (Wildman–Crippen LogP) is 2.33. The number of nitrogens with two attached hydrogens (primary N) is 1. The van der Waals surface area contributed by atoms with E-state index in [1.807, 2.05) is 13.0 Å². The van der Waals surface area contributed by atoms with E-state index in [1.54, 1.807) is 0 Å². The lowest BCUT2D eigenvalue weighted by Crippen LogP contribution is -2.40. The van der Waals surface area contributed by atoms with Gasteiger partial charge in [0.05, 0.1) is 0 Å². The number of nitrogens with one attached hydrogen (secondary N) is 1. The third-order valence-electron chi connectivity index (χ3n) is 4.32. The van der Waals surface area contributed by atoms with Crippen molar-refractivity contribution in [2.75, 3.05) is 5.73 Å². The molecule has 1 spiro atoms. The minimum atomic E-state index is -0.524. The summed E-state index contributed by atoms with van der Waals surface area (Å²) >= 11 is 0. The van der Waals surface area contributed by atoms with Crippen molar-refractivity contribution in [1.29, 1.82) is 0 Å². The van der Waals surface area contributed by atoms with Gasteiger partial charge in [-0.3, -0.25) is 5.32 Å². The van der Waals surface area contributed by atoms with Crippen molar-refractivity contribution in [3.63, 3.8) is 0 Å². The number of aliphatic hydroxyl groups is 1. The van der Waals surface area contributed by atoms with Crippen molar-refractivity contribution in [3.05, 3.63) is 28.8 Å². The Balaban J connectivity index is 2.14. The molecular weight excluding hydrogens is 212 g/mol. The van der Waals surface area contributed by atoms with E-state index in [1.165, 1.54) is 24.8 Å². The van der Waals surface area contributed by atoms with Gasteiger partial charge in [-0.2, -0.15) is 0 Å². The topological polar surface area (TPSA) is 58.3 Å². The fourth-order valence-corrected chi connectivity index (χ4v) is 3.57. The highest BCUT2D eigenvalue weighted by Gasteiger charge is 2.43. The van der Waals surface area contributed by atoms with Gasteiger partial charge < -0.3 is 10.8 Å². The van der Waals surface area contributed by atoms with Gasteiger partial charge in [-0.05, 0) is 43.0 Å². The van der Waals surface area contributed by atoms with Crippen molar-refractivity contribution in [2.24, 2.45) is 0 Å². The van der Waals surface area contributed by atoms with Crippen LogP contribution in [0.25, 0.3) is 0 Å². The number of aliphatic hydroxyl groups excluding tert-OH is 1. The van der Waals surface area contributed by atoms with E-state index in [-0.39, 0.29) is 5.54 Å². The van der Waals surface area contributed by atoms with Gasteiger partial charge in [-0.1, -0.05) is 19.3 Å². The molecule has 1 atom stereocenters. The normalized spacial score (nSPS) is 26.1. The largest absolute Gasteiger partial charge is 0.399 e. The van der Waals surface area contributed by atoms with Crippen LogP contribution in [-0.4, -0.2) is 5.11 Å².